The van der Waals surface area contributed by atoms with Crippen molar-refractivity contribution in [2.24, 2.45) is 11.8 Å². The predicted molar refractivity (Wildman–Crippen MR) is 124 cm³/mol. The van der Waals surface area contributed by atoms with E-state index in [0.717, 1.165) is 51.4 Å². The summed E-state index contributed by atoms with van der Waals surface area (Å²) in [5.74, 6) is 1.56. The van der Waals surface area contributed by atoms with E-state index in [0.29, 0.717) is 30.3 Å². The molecular weight excluding hydrogens is 433 g/mol. The average molecular weight is 466 g/mol. The molecule has 11 heteroatoms. The Labute approximate surface area is 189 Å². The molecule has 1 aliphatic carbocycles. The Hall–Kier alpha value is -2.53. The third-order valence-corrected chi connectivity index (χ3v) is 6.97. The van der Waals surface area contributed by atoms with Crippen LogP contribution in [-0.2, 0) is 10.0 Å². The van der Waals surface area contributed by atoms with E-state index >= 15 is 0 Å². The van der Waals surface area contributed by atoms with Gasteiger partial charge in [-0.25, -0.2) is 17.5 Å². The third kappa shape index (κ3) is 6.73. The Morgan fingerprint density at radius 3 is 1.88 bits per heavy atom. The van der Waals surface area contributed by atoms with Gasteiger partial charge in [0, 0.05) is 26.2 Å². The van der Waals surface area contributed by atoms with Crippen molar-refractivity contribution in [2.45, 2.75) is 44.4 Å². The maximum absolute atomic E-state index is 13.8. The summed E-state index contributed by atoms with van der Waals surface area (Å²) < 4.78 is 41.1. The Kier molecular flexibility index (Phi) is 8.57. The average Bonchev–Trinajstić information content (AvgIpc) is 2.78. The number of halogens is 1. The molecule has 0 unspecified atom stereocenters. The Bertz CT molecular complexity index is 958. The second-order valence-corrected chi connectivity index (χ2v) is 9.65. The lowest BCUT2D eigenvalue weighted by atomic mass is 9.82. The van der Waals surface area contributed by atoms with Crippen LogP contribution in [0.15, 0.2) is 29.2 Å². The molecule has 4 N–H and O–H groups in total. The number of aromatic nitrogens is 3. The van der Waals surface area contributed by atoms with Crippen LogP contribution in [0.5, 0.6) is 0 Å². The minimum Gasteiger partial charge on any atom is -0.354 e. The van der Waals surface area contributed by atoms with Crippen LogP contribution in [0.3, 0.4) is 0 Å². The molecule has 0 atom stereocenters. The number of nitrogens with zero attached hydrogens (tertiary/aromatic N) is 3. The SMILES string of the molecule is CCNc1nc(NCC)nc(NCC2CCC(CNS(=O)(=O)c3ccccc3F)CC2)n1. The number of benzene rings is 1. The summed E-state index contributed by atoms with van der Waals surface area (Å²) in [5.41, 5.74) is 0. The molecule has 32 heavy (non-hydrogen) atoms. The molecule has 9 nitrogen and oxygen atoms in total. The van der Waals surface area contributed by atoms with Gasteiger partial charge in [0.05, 0.1) is 0 Å². The van der Waals surface area contributed by atoms with Crippen molar-refractivity contribution >= 4 is 27.9 Å². The van der Waals surface area contributed by atoms with Crippen molar-refractivity contribution in [1.29, 1.82) is 0 Å². The fraction of sp³-hybridized carbons (Fsp3) is 0.571. The van der Waals surface area contributed by atoms with Gasteiger partial charge in [0.25, 0.3) is 0 Å². The van der Waals surface area contributed by atoms with Gasteiger partial charge >= 0.3 is 0 Å². The van der Waals surface area contributed by atoms with Gasteiger partial charge in [0.2, 0.25) is 27.9 Å². The summed E-state index contributed by atoms with van der Waals surface area (Å²) in [6, 6.07) is 5.43. The van der Waals surface area contributed by atoms with Crippen molar-refractivity contribution < 1.29 is 12.8 Å². The first-order valence-electron chi connectivity index (χ1n) is 11.1. The third-order valence-electron chi connectivity index (χ3n) is 5.51. The lowest BCUT2D eigenvalue weighted by Gasteiger charge is -2.28. The highest BCUT2D eigenvalue weighted by atomic mass is 32.2. The van der Waals surface area contributed by atoms with Crippen LogP contribution in [0.1, 0.15) is 39.5 Å². The zero-order valence-corrected chi connectivity index (χ0v) is 19.4. The highest BCUT2D eigenvalue weighted by molar-refractivity contribution is 7.89. The van der Waals surface area contributed by atoms with Gasteiger partial charge < -0.3 is 16.0 Å². The number of anilines is 3. The first-order valence-corrected chi connectivity index (χ1v) is 12.6. The maximum atomic E-state index is 13.8. The van der Waals surface area contributed by atoms with Crippen LogP contribution in [0.4, 0.5) is 22.2 Å². The number of hydrogen-bond acceptors (Lipinski definition) is 8. The smallest absolute Gasteiger partial charge is 0.243 e. The van der Waals surface area contributed by atoms with Crippen LogP contribution in [-0.4, -0.2) is 49.5 Å². The minimum absolute atomic E-state index is 0.241. The number of hydrogen-bond donors (Lipinski definition) is 4. The molecule has 1 aromatic carbocycles. The molecular formula is C21H32FN7O2S. The molecule has 3 rings (SSSR count). The van der Waals surface area contributed by atoms with Gasteiger partial charge in [-0.1, -0.05) is 12.1 Å². The molecule has 0 spiro atoms. The first-order chi connectivity index (χ1) is 15.4. The van der Waals surface area contributed by atoms with Crippen LogP contribution in [0, 0.1) is 17.7 Å². The van der Waals surface area contributed by atoms with Crippen molar-refractivity contribution in [2.75, 3.05) is 42.1 Å². The van der Waals surface area contributed by atoms with E-state index in [9.17, 15) is 12.8 Å². The highest BCUT2D eigenvalue weighted by Crippen LogP contribution is 2.29. The molecule has 0 saturated heterocycles. The Balaban J connectivity index is 1.47. The summed E-state index contributed by atoms with van der Waals surface area (Å²) in [7, 11) is -3.84. The second-order valence-electron chi connectivity index (χ2n) is 7.92. The van der Waals surface area contributed by atoms with E-state index in [1.54, 1.807) is 0 Å². The first kappa shape index (κ1) is 24.1. The van der Waals surface area contributed by atoms with Crippen molar-refractivity contribution in [3.63, 3.8) is 0 Å². The molecule has 0 aliphatic heterocycles. The second kappa shape index (κ2) is 11.4. The van der Waals surface area contributed by atoms with E-state index in [4.69, 9.17) is 0 Å². The largest absolute Gasteiger partial charge is 0.354 e. The lowest BCUT2D eigenvalue weighted by Crippen LogP contribution is -2.32. The van der Waals surface area contributed by atoms with Gasteiger partial charge in [0.15, 0.2) is 0 Å². The van der Waals surface area contributed by atoms with Gasteiger partial charge in [-0.15, -0.1) is 0 Å². The number of nitrogens with one attached hydrogen (secondary N) is 4. The lowest BCUT2D eigenvalue weighted by molar-refractivity contribution is 0.284. The topological polar surface area (TPSA) is 121 Å². The summed E-state index contributed by atoms with van der Waals surface area (Å²) in [4.78, 5) is 12.8. The van der Waals surface area contributed by atoms with E-state index in [1.807, 2.05) is 13.8 Å². The van der Waals surface area contributed by atoms with E-state index in [-0.39, 0.29) is 10.8 Å². The van der Waals surface area contributed by atoms with Crippen molar-refractivity contribution in [3.8, 4) is 0 Å². The molecule has 1 aliphatic rings. The molecule has 176 valence electrons. The zero-order valence-electron chi connectivity index (χ0n) is 18.6. The predicted octanol–water partition coefficient (Wildman–Crippen LogP) is 3.07. The van der Waals surface area contributed by atoms with Crippen LogP contribution < -0.4 is 20.7 Å². The van der Waals surface area contributed by atoms with Crippen LogP contribution in [0.2, 0.25) is 0 Å². The van der Waals surface area contributed by atoms with Gasteiger partial charge in [0.1, 0.15) is 10.7 Å². The van der Waals surface area contributed by atoms with E-state index in [1.165, 1.54) is 18.2 Å². The molecule has 0 bridgehead atoms. The molecule has 1 heterocycles. The standard InChI is InChI=1S/C21H32FN7O2S/c1-3-23-19-27-20(24-4-2)29-21(28-19)25-13-15-9-11-16(12-10-15)14-26-32(30,31)18-8-6-5-7-17(18)22/h5-8,15-16,26H,3-4,9-14H2,1-2H3,(H3,23,24,25,27,28,29). The summed E-state index contributed by atoms with van der Waals surface area (Å²) >= 11 is 0. The normalized spacial score (nSPS) is 18.8. The summed E-state index contributed by atoms with van der Waals surface area (Å²) in [6.07, 6.45) is 3.78. The Morgan fingerprint density at radius 1 is 0.844 bits per heavy atom. The molecule has 0 radical (unpaired) electrons. The molecule has 2 aromatic rings. The fourth-order valence-electron chi connectivity index (χ4n) is 3.77. The minimum atomic E-state index is -3.84. The van der Waals surface area contributed by atoms with Gasteiger partial charge in [-0.2, -0.15) is 15.0 Å². The molecule has 1 saturated carbocycles. The fourth-order valence-corrected chi connectivity index (χ4v) is 4.97. The van der Waals surface area contributed by atoms with Crippen molar-refractivity contribution in [1.82, 2.24) is 19.7 Å². The van der Waals surface area contributed by atoms with E-state index < -0.39 is 15.8 Å². The van der Waals surface area contributed by atoms with Gasteiger partial charge in [-0.3, -0.25) is 0 Å². The maximum Gasteiger partial charge on any atom is 0.243 e. The molecule has 1 fully saturated rings. The monoisotopic (exact) mass is 465 g/mol. The molecule has 1 aromatic heterocycles. The Morgan fingerprint density at radius 2 is 1.34 bits per heavy atom. The van der Waals surface area contributed by atoms with Gasteiger partial charge in [-0.05, 0) is 63.5 Å². The van der Waals surface area contributed by atoms with Crippen LogP contribution in [0.25, 0.3) is 0 Å². The van der Waals surface area contributed by atoms with Crippen molar-refractivity contribution in [3.05, 3.63) is 30.1 Å². The number of sulfonamides is 1. The van der Waals surface area contributed by atoms with E-state index in [2.05, 4.69) is 35.6 Å². The quantitative estimate of drug-likeness (QED) is 0.400. The van der Waals surface area contributed by atoms with Crippen LogP contribution >= 0.6 is 0 Å². The molecule has 0 amide bonds. The summed E-state index contributed by atoms with van der Waals surface area (Å²) in [6.45, 7) is 6.48. The highest BCUT2D eigenvalue weighted by Gasteiger charge is 2.24. The zero-order chi connectivity index (χ0) is 23.0. The number of rotatable bonds is 11. The summed E-state index contributed by atoms with van der Waals surface area (Å²) in [5, 5.41) is 9.54.